The van der Waals surface area contributed by atoms with E-state index in [1.165, 1.54) is 5.56 Å². The van der Waals surface area contributed by atoms with Crippen LogP contribution in [0.1, 0.15) is 28.7 Å². The first kappa shape index (κ1) is 19.1. The van der Waals surface area contributed by atoms with Crippen molar-refractivity contribution in [1.29, 1.82) is 0 Å². The Morgan fingerprint density at radius 2 is 1.85 bits per heavy atom. The monoisotopic (exact) mass is 366 g/mol. The summed E-state index contributed by atoms with van der Waals surface area (Å²) in [5.74, 6) is -0.324. The molecule has 5 heteroatoms. The topological polar surface area (TPSA) is 58.6 Å². The average Bonchev–Trinajstić information content (AvgIpc) is 3.03. The fraction of sp³-hybridized carbons (Fsp3) is 0.364. The summed E-state index contributed by atoms with van der Waals surface area (Å²) in [7, 11) is 1.65. The van der Waals surface area contributed by atoms with E-state index in [2.05, 4.69) is 5.32 Å². The molecule has 1 atom stereocenters. The van der Waals surface area contributed by atoms with E-state index in [4.69, 9.17) is 4.74 Å². The third-order valence-electron chi connectivity index (χ3n) is 4.95. The Balaban J connectivity index is 1.55. The second-order valence-corrected chi connectivity index (χ2v) is 7.08. The summed E-state index contributed by atoms with van der Waals surface area (Å²) in [6.07, 6.45) is 0.275. The van der Waals surface area contributed by atoms with Gasteiger partial charge in [-0.3, -0.25) is 9.59 Å². The van der Waals surface area contributed by atoms with Crippen molar-refractivity contribution in [2.24, 2.45) is 5.92 Å². The fourth-order valence-electron chi connectivity index (χ4n) is 3.37. The van der Waals surface area contributed by atoms with E-state index in [1.807, 2.05) is 55.5 Å². The van der Waals surface area contributed by atoms with Crippen LogP contribution in [0.25, 0.3) is 0 Å². The van der Waals surface area contributed by atoms with Gasteiger partial charge in [-0.05, 0) is 23.6 Å². The molecule has 1 heterocycles. The van der Waals surface area contributed by atoms with Crippen molar-refractivity contribution in [3.05, 3.63) is 70.8 Å². The molecule has 0 bridgehead atoms. The first-order chi connectivity index (χ1) is 13.1. The smallest absolute Gasteiger partial charge is 0.225 e. The Hall–Kier alpha value is -2.66. The third kappa shape index (κ3) is 4.95. The Kier molecular flexibility index (Phi) is 6.24. The van der Waals surface area contributed by atoms with Gasteiger partial charge in [0.05, 0.1) is 12.5 Å². The molecule has 2 aromatic carbocycles. The summed E-state index contributed by atoms with van der Waals surface area (Å²) in [5, 5.41) is 2.98. The predicted octanol–water partition coefficient (Wildman–Crippen LogP) is 2.81. The van der Waals surface area contributed by atoms with Crippen LogP contribution in [0.5, 0.6) is 0 Å². The summed E-state index contributed by atoms with van der Waals surface area (Å²) < 4.78 is 5.20. The SMILES string of the molecule is COCc1ccccc1CNC(=O)C1CC(=O)N(Cc2ccc(C)cc2)C1. The maximum atomic E-state index is 12.6. The maximum absolute atomic E-state index is 12.6. The maximum Gasteiger partial charge on any atom is 0.225 e. The molecule has 2 aromatic rings. The van der Waals surface area contributed by atoms with Gasteiger partial charge in [-0.2, -0.15) is 0 Å². The molecule has 0 radical (unpaired) electrons. The number of nitrogens with one attached hydrogen (secondary N) is 1. The van der Waals surface area contributed by atoms with Crippen molar-refractivity contribution in [1.82, 2.24) is 10.2 Å². The van der Waals surface area contributed by atoms with Gasteiger partial charge in [-0.25, -0.2) is 0 Å². The molecular weight excluding hydrogens is 340 g/mol. The van der Waals surface area contributed by atoms with E-state index in [9.17, 15) is 9.59 Å². The van der Waals surface area contributed by atoms with Crippen LogP contribution < -0.4 is 5.32 Å². The molecular formula is C22H26N2O3. The van der Waals surface area contributed by atoms with E-state index < -0.39 is 0 Å². The average molecular weight is 366 g/mol. The number of benzene rings is 2. The van der Waals surface area contributed by atoms with Gasteiger partial charge in [0.25, 0.3) is 0 Å². The standard InChI is InChI=1S/C22H26N2O3/c1-16-7-9-17(10-8-16)13-24-14-20(11-21(24)25)22(26)23-12-18-5-3-4-6-19(18)15-27-2/h3-10,20H,11-15H2,1-2H3,(H,23,26). The van der Waals surface area contributed by atoms with E-state index >= 15 is 0 Å². The van der Waals surface area contributed by atoms with Crippen LogP contribution in [-0.4, -0.2) is 30.4 Å². The fourth-order valence-corrected chi connectivity index (χ4v) is 3.37. The van der Waals surface area contributed by atoms with Crippen molar-refractivity contribution in [2.75, 3.05) is 13.7 Å². The number of methoxy groups -OCH3 is 1. The number of carbonyl (C=O) groups is 2. The number of hydrogen-bond donors (Lipinski definition) is 1. The van der Waals surface area contributed by atoms with Gasteiger partial charge in [-0.15, -0.1) is 0 Å². The number of aryl methyl sites for hydroxylation is 1. The Morgan fingerprint density at radius 3 is 2.56 bits per heavy atom. The van der Waals surface area contributed by atoms with Crippen LogP contribution in [0.2, 0.25) is 0 Å². The third-order valence-corrected chi connectivity index (χ3v) is 4.95. The van der Waals surface area contributed by atoms with Gasteiger partial charge in [0.2, 0.25) is 11.8 Å². The van der Waals surface area contributed by atoms with Crippen LogP contribution in [0.4, 0.5) is 0 Å². The van der Waals surface area contributed by atoms with Gasteiger partial charge in [-0.1, -0.05) is 54.1 Å². The van der Waals surface area contributed by atoms with E-state index in [0.717, 1.165) is 16.7 Å². The molecule has 27 heavy (non-hydrogen) atoms. The highest BCUT2D eigenvalue weighted by Crippen LogP contribution is 2.21. The number of hydrogen-bond acceptors (Lipinski definition) is 3. The number of nitrogens with zero attached hydrogens (tertiary/aromatic N) is 1. The second kappa shape index (κ2) is 8.82. The molecule has 5 nitrogen and oxygen atoms in total. The van der Waals surface area contributed by atoms with Gasteiger partial charge in [0.1, 0.15) is 0 Å². The molecule has 1 aliphatic rings. The first-order valence-electron chi connectivity index (χ1n) is 9.23. The van der Waals surface area contributed by atoms with Crippen molar-refractivity contribution in [3.63, 3.8) is 0 Å². The predicted molar refractivity (Wildman–Crippen MR) is 104 cm³/mol. The second-order valence-electron chi connectivity index (χ2n) is 7.08. The molecule has 1 saturated heterocycles. The minimum Gasteiger partial charge on any atom is -0.380 e. The van der Waals surface area contributed by atoms with Crippen LogP contribution >= 0.6 is 0 Å². The summed E-state index contributed by atoms with van der Waals surface area (Å²) >= 11 is 0. The van der Waals surface area contributed by atoms with Gasteiger partial charge < -0.3 is 15.0 Å². The number of amides is 2. The van der Waals surface area contributed by atoms with Crippen LogP contribution in [-0.2, 0) is 34.0 Å². The first-order valence-corrected chi connectivity index (χ1v) is 9.23. The Bertz CT molecular complexity index is 801. The Labute approximate surface area is 160 Å². The lowest BCUT2D eigenvalue weighted by Gasteiger charge is -2.17. The zero-order chi connectivity index (χ0) is 19.2. The van der Waals surface area contributed by atoms with Crippen LogP contribution in [0.3, 0.4) is 0 Å². The molecule has 0 spiro atoms. The molecule has 142 valence electrons. The zero-order valence-electron chi connectivity index (χ0n) is 15.9. The highest BCUT2D eigenvalue weighted by Gasteiger charge is 2.34. The van der Waals surface area contributed by atoms with E-state index in [1.54, 1.807) is 12.0 Å². The van der Waals surface area contributed by atoms with Crippen LogP contribution in [0.15, 0.2) is 48.5 Å². The molecule has 1 unspecified atom stereocenters. The highest BCUT2D eigenvalue weighted by molar-refractivity contribution is 5.89. The summed E-state index contributed by atoms with van der Waals surface area (Å²) in [5.41, 5.74) is 4.37. The van der Waals surface area contributed by atoms with Crippen LogP contribution in [0, 0.1) is 12.8 Å². The van der Waals surface area contributed by atoms with E-state index in [-0.39, 0.29) is 24.2 Å². The molecule has 1 N–H and O–H groups in total. The molecule has 0 aliphatic carbocycles. The van der Waals surface area contributed by atoms with Gasteiger partial charge in [0.15, 0.2) is 0 Å². The summed E-state index contributed by atoms with van der Waals surface area (Å²) in [6.45, 7) is 4.02. The number of carbonyl (C=O) groups excluding carboxylic acids is 2. The number of likely N-dealkylation sites (tertiary alicyclic amines) is 1. The Morgan fingerprint density at radius 1 is 1.15 bits per heavy atom. The molecule has 1 fully saturated rings. The number of ether oxygens (including phenoxy) is 1. The summed E-state index contributed by atoms with van der Waals surface area (Å²) in [6, 6.07) is 16.0. The lowest BCUT2D eigenvalue weighted by atomic mass is 10.1. The van der Waals surface area contributed by atoms with Crippen molar-refractivity contribution >= 4 is 11.8 Å². The molecule has 1 aliphatic heterocycles. The minimum atomic E-state index is -0.294. The zero-order valence-corrected chi connectivity index (χ0v) is 15.9. The minimum absolute atomic E-state index is 0.0375. The van der Waals surface area contributed by atoms with Gasteiger partial charge in [0, 0.05) is 33.2 Å². The van der Waals surface area contributed by atoms with Crippen molar-refractivity contribution in [2.45, 2.75) is 33.0 Å². The summed E-state index contributed by atoms with van der Waals surface area (Å²) in [4.78, 5) is 26.6. The largest absolute Gasteiger partial charge is 0.380 e. The van der Waals surface area contributed by atoms with E-state index in [0.29, 0.717) is 26.2 Å². The number of rotatable bonds is 7. The van der Waals surface area contributed by atoms with Crippen molar-refractivity contribution in [3.8, 4) is 0 Å². The highest BCUT2D eigenvalue weighted by atomic mass is 16.5. The molecule has 0 aromatic heterocycles. The molecule has 3 rings (SSSR count). The quantitative estimate of drug-likeness (QED) is 0.820. The van der Waals surface area contributed by atoms with Crippen molar-refractivity contribution < 1.29 is 14.3 Å². The normalized spacial score (nSPS) is 16.6. The lowest BCUT2D eigenvalue weighted by molar-refractivity contribution is -0.129. The molecule has 0 saturated carbocycles. The van der Waals surface area contributed by atoms with Gasteiger partial charge >= 0.3 is 0 Å². The molecule has 2 amide bonds. The lowest BCUT2D eigenvalue weighted by Crippen LogP contribution is -2.32.